The van der Waals surface area contributed by atoms with Crippen LogP contribution in [0.5, 0.6) is 0 Å². The van der Waals surface area contributed by atoms with E-state index in [4.69, 9.17) is 0 Å². The molecule has 0 aromatic heterocycles. The van der Waals surface area contributed by atoms with Gasteiger partial charge in [0, 0.05) is 16.5 Å². The van der Waals surface area contributed by atoms with Crippen molar-refractivity contribution in [2.75, 3.05) is 39.8 Å². The van der Waals surface area contributed by atoms with E-state index in [1.165, 1.54) is 4.90 Å². The monoisotopic (exact) mass is 338 g/mol. The second kappa shape index (κ2) is 5.97. The van der Waals surface area contributed by atoms with Gasteiger partial charge in [-0.1, -0.05) is 24.3 Å². The average molecular weight is 338 g/mol. The first-order chi connectivity index (χ1) is 12.1. The fraction of sp³-hybridized carbons (Fsp3) is 0.316. The highest BCUT2D eigenvalue weighted by Gasteiger charge is 2.35. The lowest BCUT2D eigenvalue weighted by atomic mass is 9.94. The lowest BCUT2D eigenvalue weighted by Crippen LogP contribution is -3.12. The molecule has 4 rings (SSSR count). The predicted molar refractivity (Wildman–Crippen MR) is 92.5 cm³/mol. The summed E-state index contributed by atoms with van der Waals surface area (Å²) in [4.78, 5) is 42.4. The van der Waals surface area contributed by atoms with E-state index < -0.39 is 0 Å². The highest BCUT2D eigenvalue weighted by molar-refractivity contribution is 6.26. The molecule has 1 N–H and O–H groups in total. The number of imide groups is 1. The van der Waals surface area contributed by atoms with Gasteiger partial charge in [0.2, 0.25) is 5.91 Å². The molecule has 0 saturated carbocycles. The molecule has 1 saturated heterocycles. The first-order valence-electron chi connectivity index (χ1n) is 8.53. The molecule has 0 radical (unpaired) electrons. The second-order valence-electron chi connectivity index (χ2n) is 6.74. The number of quaternary nitrogens is 1. The molecule has 0 aliphatic carbocycles. The number of benzene rings is 2. The third-order valence-corrected chi connectivity index (χ3v) is 5.12. The molecule has 2 aromatic rings. The number of rotatable bonds is 2. The van der Waals surface area contributed by atoms with Crippen molar-refractivity contribution in [3.05, 3.63) is 47.5 Å². The van der Waals surface area contributed by atoms with E-state index in [1.54, 1.807) is 29.2 Å². The molecule has 2 aliphatic heterocycles. The zero-order valence-corrected chi connectivity index (χ0v) is 14.1. The van der Waals surface area contributed by atoms with Gasteiger partial charge < -0.3 is 9.80 Å². The van der Waals surface area contributed by atoms with Crippen molar-refractivity contribution in [2.24, 2.45) is 0 Å². The maximum Gasteiger partial charge on any atom is 0.261 e. The summed E-state index contributed by atoms with van der Waals surface area (Å²) in [7, 11) is 2.09. The van der Waals surface area contributed by atoms with Gasteiger partial charge in [0.15, 0.2) is 0 Å². The molecule has 3 amide bonds. The van der Waals surface area contributed by atoms with Crippen LogP contribution in [0, 0.1) is 0 Å². The highest BCUT2D eigenvalue weighted by Crippen LogP contribution is 2.29. The van der Waals surface area contributed by atoms with E-state index in [2.05, 4.69) is 7.05 Å². The Balaban J connectivity index is 1.63. The Kier molecular flexibility index (Phi) is 3.77. The number of nitrogens with one attached hydrogen (secondary N) is 1. The van der Waals surface area contributed by atoms with Crippen LogP contribution in [0.2, 0.25) is 0 Å². The lowest BCUT2D eigenvalue weighted by Gasteiger charge is -2.32. The van der Waals surface area contributed by atoms with Crippen LogP contribution in [0.3, 0.4) is 0 Å². The van der Waals surface area contributed by atoms with E-state index in [0.29, 0.717) is 29.6 Å². The Labute approximate surface area is 145 Å². The molecule has 0 atom stereocenters. The molecular formula is C19H20N3O3+. The molecule has 2 aliphatic rings. The minimum atomic E-state index is -0.387. The number of hydrogen-bond acceptors (Lipinski definition) is 3. The van der Waals surface area contributed by atoms with Crippen molar-refractivity contribution in [1.82, 2.24) is 9.80 Å². The van der Waals surface area contributed by atoms with Gasteiger partial charge in [-0.15, -0.1) is 0 Å². The summed E-state index contributed by atoms with van der Waals surface area (Å²) in [6.07, 6.45) is 0. The molecule has 2 heterocycles. The van der Waals surface area contributed by atoms with Crippen molar-refractivity contribution in [3.8, 4) is 0 Å². The van der Waals surface area contributed by atoms with E-state index >= 15 is 0 Å². The maximum atomic E-state index is 12.8. The van der Waals surface area contributed by atoms with Crippen molar-refractivity contribution >= 4 is 28.5 Å². The van der Waals surface area contributed by atoms with Crippen molar-refractivity contribution in [2.45, 2.75) is 0 Å². The molecular weight excluding hydrogens is 318 g/mol. The minimum Gasteiger partial charge on any atom is -0.334 e. The van der Waals surface area contributed by atoms with Crippen LogP contribution < -0.4 is 4.90 Å². The van der Waals surface area contributed by atoms with E-state index in [1.807, 2.05) is 12.1 Å². The number of amides is 3. The van der Waals surface area contributed by atoms with Gasteiger partial charge in [-0.25, -0.2) is 0 Å². The SMILES string of the molecule is C[NH+]1CCN(C(=O)CN2C(=O)c3cccc4cccc(c34)C2=O)CC1. The van der Waals surface area contributed by atoms with Crippen LogP contribution in [-0.4, -0.2) is 67.3 Å². The summed E-state index contributed by atoms with van der Waals surface area (Å²) in [5.41, 5.74) is 0.978. The first-order valence-corrected chi connectivity index (χ1v) is 8.53. The third-order valence-electron chi connectivity index (χ3n) is 5.12. The zero-order valence-electron chi connectivity index (χ0n) is 14.1. The van der Waals surface area contributed by atoms with E-state index in [-0.39, 0.29) is 24.3 Å². The Morgan fingerprint density at radius 3 is 2.12 bits per heavy atom. The van der Waals surface area contributed by atoms with Gasteiger partial charge in [-0.05, 0) is 17.5 Å². The molecule has 25 heavy (non-hydrogen) atoms. The maximum absolute atomic E-state index is 12.8. The molecule has 2 aromatic carbocycles. The summed E-state index contributed by atoms with van der Waals surface area (Å²) in [6, 6.07) is 10.8. The molecule has 128 valence electrons. The quantitative estimate of drug-likeness (QED) is 0.771. The van der Waals surface area contributed by atoms with Gasteiger partial charge >= 0.3 is 0 Å². The summed E-state index contributed by atoms with van der Waals surface area (Å²) in [5.74, 6) is -0.939. The molecule has 0 bridgehead atoms. The van der Waals surface area contributed by atoms with Gasteiger partial charge in [0.1, 0.15) is 6.54 Å². The van der Waals surface area contributed by atoms with Crippen LogP contribution in [0.15, 0.2) is 36.4 Å². The summed E-state index contributed by atoms with van der Waals surface area (Å²) >= 11 is 0. The van der Waals surface area contributed by atoms with Crippen LogP contribution in [0.4, 0.5) is 0 Å². The van der Waals surface area contributed by atoms with Gasteiger partial charge in [0.05, 0.1) is 33.2 Å². The fourth-order valence-electron chi connectivity index (χ4n) is 3.60. The number of hydrogen-bond donors (Lipinski definition) is 1. The molecule has 0 unspecified atom stereocenters. The Hall–Kier alpha value is -2.73. The summed E-state index contributed by atoms with van der Waals surface area (Å²) in [5, 5.41) is 1.55. The minimum absolute atomic E-state index is 0.166. The Morgan fingerprint density at radius 1 is 1.00 bits per heavy atom. The molecule has 6 nitrogen and oxygen atoms in total. The number of nitrogens with zero attached hydrogens (tertiary/aromatic N) is 2. The smallest absolute Gasteiger partial charge is 0.261 e. The van der Waals surface area contributed by atoms with E-state index in [9.17, 15) is 14.4 Å². The number of carbonyl (C=O) groups excluding carboxylic acids is 3. The van der Waals surface area contributed by atoms with Crippen molar-refractivity contribution in [3.63, 3.8) is 0 Å². The fourth-order valence-corrected chi connectivity index (χ4v) is 3.60. The normalized spacial score (nSPS) is 18.1. The van der Waals surface area contributed by atoms with Gasteiger partial charge in [0.25, 0.3) is 11.8 Å². The Morgan fingerprint density at radius 2 is 1.56 bits per heavy atom. The lowest BCUT2D eigenvalue weighted by molar-refractivity contribution is -0.883. The third kappa shape index (κ3) is 2.59. The van der Waals surface area contributed by atoms with Crippen LogP contribution in [-0.2, 0) is 4.79 Å². The molecule has 1 fully saturated rings. The van der Waals surface area contributed by atoms with Crippen molar-refractivity contribution in [1.29, 1.82) is 0 Å². The number of carbonyl (C=O) groups is 3. The van der Waals surface area contributed by atoms with Crippen molar-refractivity contribution < 1.29 is 19.3 Å². The van der Waals surface area contributed by atoms with Gasteiger partial charge in [-0.3, -0.25) is 19.3 Å². The topological polar surface area (TPSA) is 62.1 Å². The van der Waals surface area contributed by atoms with Crippen LogP contribution in [0.1, 0.15) is 20.7 Å². The average Bonchev–Trinajstić information content (AvgIpc) is 2.63. The standard InChI is InChI=1S/C19H19N3O3/c1-20-8-10-21(11-9-20)16(23)12-22-18(24)14-6-2-4-13-5-3-7-15(17(13)14)19(22)25/h2-7H,8-12H2,1H3/p+1. The predicted octanol–water partition coefficient (Wildman–Crippen LogP) is -0.207. The second-order valence-corrected chi connectivity index (χ2v) is 6.74. The summed E-state index contributed by atoms with van der Waals surface area (Å²) in [6.45, 7) is 2.90. The van der Waals surface area contributed by atoms with Gasteiger partial charge in [-0.2, -0.15) is 0 Å². The largest absolute Gasteiger partial charge is 0.334 e. The molecule has 6 heteroatoms. The molecule has 0 spiro atoms. The van der Waals surface area contributed by atoms with E-state index in [0.717, 1.165) is 23.4 Å². The zero-order chi connectivity index (χ0) is 17.6. The Bertz CT molecular complexity index is 834. The summed E-state index contributed by atoms with van der Waals surface area (Å²) < 4.78 is 0. The van der Waals surface area contributed by atoms with Crippen LogP contribution >= 0.6 is 0 Å². The van der Waals surface area contributed by atoms with Crippen LogP contribution in [0.25, 0.3) is 10.8 Å². The number of piperazine rings is 1. The highest BCUT2D eigenvalue weighted by atomic mass is 16.2. The first kappa shape index (κ1) is 15.8. The number of likely N-dealkylation sites (N-methyl/N-ethyl adjacent to an activating group) is 1.